The van der Waals surface area contributed by atoms with Gasteiger partial charge in [0.2, 0.25) is 0 Å². The highest BCUT2D eigenvalue weighted by atomic mass is 32.2. The van der Waals surface area contributed by atoms with Crippen LogP contribution < -0.4 is 0 Å². The van der Waals surface area contributed by atoms with Gasteiger partial charge in [-0.2, -0.15) is 0 Å². The van der Waals surface area contributed by atoms with Crippen molar-refractivity contribution in [3.63, 3.8) is 0 Å². The quantitative estimate of drug-likeness (QED) is 0.305. The smallest absolute Gasteiger partial charge is 0.258 e. The van der Waals surface area contributed by atoms with Gasteiger partial charge in [0.1, 0.15) is 0 Å². The summed E-state index contributed by atoms with van der Waals surface area (Å²) in [5.74, 6) is 0.734. The van der Waals surface area contributed by atoms with Crippen LogP contribution >= 0.6 is 11.8 Å². The number of non-ortho nitro benzene ring substituents is 1. The molecule has 2 aromatic rings. The number of hydrogen-bond acceptors (Lipinski definition) is 5. The minimum absolute atomic E-state index is 0.0108. The van der Waals surface area contributed by atoms with E-state index in [9.17, 15) is 18.5 Å². The molecule has 0 saturated heterocycles. The van der Waals surface area contributed by atoms with E-state index in [1.807, 2.05) is 6.92 Å². The maximum absolute atomic E-state index is 12.2. The molecule has 7 heteroatoms. The summed E-state index contributed by atoms with van der Waals surface area (Å²) >= 11 is 1.54. The third kappa shape index (κ3) is 5.35. The molecule has 0 aromatic heterocycles. The second-order valence-electron chi connectivity index (χ2n) is 5.27. The molecule has 0 heterocycles. The molecule has 0 saturated carbocycles. The molecule has 0 aliphatic carbocycles. The third-order valence-electron chi connectivity index (χ3n) is 3.36. The fourth-order valence-corrected chi connectivity index (χ4v) is 4.07. The van der Waals surface area contributed by atoms with Crippen LogP contribution in [0.4, 0.5) is 5.69 Å². The molecule has 0 aliphatic heterocycles. The summed E-state index contributed by atoms with van der Waals surface area (Å²) in [7, 11) is -3.28. The zero-order valence-electron chi connectivity index (χ0n) is 13.2. The molecule has 0 unspecified atom stereocenters. The minimum atomic E-state index is -3.28. The monoisotopic (exact) mass is 364 g/mol. The van der Waals surface area contributed by atoms with Crippen molar-refractivity contribution in [2.24, 2.45) is 0 Å². The Labute approximate surface area is 146 Å². The summed E-state index contributed by atoms with van der Waals surface area (Å²) in [6.45, 7) is 1.91. The molecule has 0 fully saturated rings. The lowest BCUT2D eigenvalue weighted by Crippen LogP contribution is -2.07. The first kappa shape index (κ1) is 18.5. The largest absolute Gasteiger partial charge is 0.269 e. The molecule has 5 nitrogen and oxygen atoms in total. The third-order valence-corrected chi connectivity index (χ3v) is 6.07. The van der Waals surface area contributed by atoms with Gasteiger partial charge in [-0.3, -0.25) is 10.1 Å². The lowest BCUT2D eigenvalue weighted by molar-refractivity contribution is -0.384. The van der Waals surface area contributed by atoms with Crippen LogP contribution in [0.25, 0.3) is 0 Å². The molecule has 127 valence electrons. The van der Waals surface area contributed by atoms with Crippen LogP contribution in [0.1, 0.15) is 12.0 Å². The summed E-state index contributed by atoms with van der Waals surface area (Å²) in [5, 5.41) is 10.6. The lowest BCUT2D eigenvalue weighted by atomic mass is 10.2. The SMILES string of the molecule is Cc1ccc(S(=O)(=O)C[CH]CCSc2ccc([N+](=O)[O-])cc2)cc1. The highest BCUT2D eigenvalue weighted by Gasteiger charge is 2.13. The van der Waals surface area contributed by atoms with Gasteiger partial charge in [-0.25, -0.2) is 8.42 Å². The Hall–Kier alpha value is -1.86. The van der Waals surface area contributed by atoms with Crippen molar-refractivity contribution in [2.75, 3.05) is 11.5 Å². The molecule has 0 atom stereocenters. The molecule has 2 aromatic carbocycles. The van der Waals surface area contributed by atoms with Gasteiger partial charge in [0, 0.05) is 17.0 Å². The number of benzene rings is 2. The van der Waals surface area contributed by atoms with Crippen molar-refractivity contribution >= 4 is 27.3 Å². The van der Waals surface area contributed by atoms with Crippen LogP contribution in [0.5, 0.6) is 0 Å². The summed E-state index contributed by atoms with van der Waals surface area (Å²) in [6, 6.07) is 13.2. The number of sulfone groups is 1. The van der Waals surface area contributed by atoms with E-state index in [2.05, 4.69) is 0 Å². The van der Waals surface area contributed by atoms with Crippen molar-refractivity contribution < 1.29 is 13.3 Å². The van der Waals surface area contributed by atoms with Gasteiger partial charge < -0.3 is 0 Å². The van der Waals surface area contributed by atoms with Gasteiger partial charge in [-0.1, -0.05) is 17.7 Å². The van der Waals surface area contributed by atoms with Crippen LogP contribution in [-0.4, -0.2) is 24.8 Å². The van der Waals surface area contributed by atoms with E-state index in [-0.39, 0.29) is 11.4 Å². The molecule has 2 rings (SSSR count). The molecular formula is C17H18NO4S2. The molecular weight excluding hydrogens is 346 g/mol. The normalized spacial score (nSPS) is 11.4. The van der Waals surface area contributed by atoms with Crippen LogP contribution in [0.15, 0.2) is 58.3 Å². The van der Waals surface area contributed by atoms with Gasteiger partial charge in [-0.15, -0.1) is 11.8 Å². The Bertz CT molecular complexity index is 784. The summed E-state index contributed by atoms with van der Waals surface area (Å²) in [5.41, 5.74) is 1.09. The Morgan fingerprint density at radius 1 is 1.08 bits per heavy atom. The summed E-state index contributed by atoms with van der Waals surface area (Å²) in [6.07, 6.45) is 2.40. The summed E-state index contributed by atoms with van der Waals surface area (Å²) < 4.78 is 24.4. The Morgan fingerprint density at radius 2 is 1.71 bits per heavy atom. The van der Waals surface area contributed by atoms with E-state index in [1.165, 1.54) is 12.1 Å². The first-order chi connectivity index (χ1) is 11.4. The zero-order valence-corrected chi connectivity index (χ0v) is 14.8. The van der Waals surface area contributed by atoms with Crippen LogP contribution in [0.3, 0.4) is 0 Å². The first-order valence-electron chi connectivity index (χ1n) is 7.37. The maximum atomic E-state index is 12.2. The molecule has 0 aliphatic rings. The average molecular weight is 364 g/mol. The summed E-state index contributed by atoms with van der Waals surface area (Å²) in [4.78, 5) is 11.4. The average Bonchev–Trinajstić information content (AvgIpc) is 2.55. The number of nitro benzene ring substituents is 1. The van der Waals surface area contributed by atoms with Crippen LogP contribution in [0.2, 0.25) is 0 Å². The van der Waals surface area contributed by atoms with Gasteiger partial charge in [0.25, 0.3) is 5.69 Å². The number of rotatable bonds is 8. The second-order valence-corrected chi connectivity index (χ2v) is 8.47. The number of nitro groups is 1. The van der Waals surface area contributed by atoms with E-state index < -0.39 is 14.8 Å². The van der Waals surface area contributed by atoms with Crippen LogP contribution in [0, 0.1) is 23.5 Å². The van der Waals surface area contributed by atoms with Crippen molar-refractivity contribution in [1.82, 2.24) is 0 Å². The molecule has 0 N–H and O–H groups in total. The van der Waals surface area contributed by atoms with Gasteiger partial charge in [-0.05, 0) is 49.8 Å². The Kier molecular flexibility index (Phi) is 6.39. The molecule has 0 amide bonds. The van der Waals surface area contributed by atoms with E-state index in [1.54, 1.807) is 54.6 Å². The molecule has 0 bridgehead atoms. The van der Waals surface area contributed by atoms with Gasteiger partial charge >= 0.3 is 0 Å². The van der Waals surface area contributed by atoms with E-state index in [0.717, 1.165) is 16.2 Å². The number of unbranched alkanes of at least 4 members (excludes halogenated alkanes) is 1. The highest BCUT2D eigenvalue weighted by Crippen LogP contribution is 2.22. The fourth-order valence-electron chi connectivity index (χ4n) is 2.00. The van der Waals surface area contributed by atoms with Crippen molar-refractivity contribution in [2.45, 2.75) is 23.1 Å². The Balaban J connectivity index is 1.76. The molecule has 1 radical (unpaired) electrons. The van der Waals surface area contributed by atoms with Gasteiger partial charge in [0.15, 0.2) is 9.84 Å². The first-order valence-corrected chi connectivity index (χ1v) is 10.0. The van der Waals surface area contributed by atoms with E-state index in [0.29, 0.717) is 11.3 Å². The predicted octanol–water partition coefficient (Wildman–Crippen LogP) is 4.06. The van der Waals surface area contributed by atoms with E-state index >= 15 is 0 Å². The van der Waals surface area contributed by atoms with Crippen molar-refractivity contribution in [3.05, 3.63) is 70.6 Å². The van der Waals surface area contributed by atoms with Crippen molar-refractivity contribution in [1.29, 1.82) is 0 Å². The lowest BCUT2D eigenvalue weighted by Gasteiger charge is -2.05. The Morgan fingerprint density at radius 3 is 2.29 bits per heavy atom. The zero-order chi connectivity index (χ0) is 17.6. The standard InChI is InChI=1S/C17H18NO4S2/c1-14-4-10-17(11-5-14)24(21,22)13-3-2-12-23-16-8-6-15(7-9-16)18(19)20/h3-11H,2,12-13H2,1H3. The maximum Gasteiger partial charge on any atom is 0.269 e. The number of thioether (sulfide) groups is 1. The van der Waals surface area contributed by atoms with Gasteiger partial charge in [0.05, 0.1) is 15.6 Å². The van der Waals surface area contributed by atoms with E-state index in [4.69, 9.17) is 0 Å². The topological polar surface area (TPSA) is 77.3 Å². The molecule has 0 spiro atoms. The number of nitrogens with zero attached hydrogens (tertiary/aromatic N) is 1. The molecule has 24 heavy (non-hydrogen) atoms. The fraction of sp³-hybridized carbons (Fsp3) is 0.235. The minimum Gasteiger partial charge on any atom is -0.258 e. The second kappa shape index (κ2) is 8.30. The number of hydrogen-bond donors (Lipinski definition) is 0. The predicted molar refractivity (Wildman–Crippen MR) is 96.0 cm³/mol. The van der Waals surface area contributed by atoms with Crippen LogP contribution in [-0.2, 0) is 9.84 Å². The van der Waals surface area contributed by atoms with Crippen molar-refractivity contribution in [3.8, 4) is 0 Å². The number of aryl methyl sites for hydroxylation is 1. The highest BCUT2D eigenvalue weighted by molar-refractivity contribution is 7.99.